The number of nitrogens with zero attached hydrogens (tertiary/aromatic N) is 3. The molecule has 3 aromatic rings. The number of thiophene rings is 1. The van der Waals surface area contributed by atoms with Gasteiger partial charge in [0.2, 0.25) is 0 Å². The van der Waals surface area contributed by atoms with Gasteiger partial charge in [-0.2, -0.15) is 0 Å². The number of aryl methyl sites for hydroxylation is 2. The highest BCUT2D eigenvalue weighted by molar-refractivity contribution is 7.26. The lowest BCUT2D eigenvalue weighted by Crippen LogP contribution is -2.22. The lowest BCUT2D eigenvalue weighted by molar-refractivity contribution is 0.462. The molecule has 1 N–H and O–H groups in total. The number of hydrogen-bond donors (Lipinski definition) is 1. The largest absolute Gasteiger partial charge is 0.366 e. The number of hydrogen-bond acceptors (Lipinski definition) is 5. The molecule has 1 saturated carbocycles. The summed E-state index contributed by atoms with van der Waals surface area (Å²) in [5.41, 5.74) is 5.55. The molecule has 1 fully saturated rings. The monoisotopic (exact) mass is 394 g/mol. The van der Waals surface area contributed by atoms with Crippen LogP contribution >= 0.6 is 11.3 Å². The maximum Gasteiger partial charge on any atom is 0.147 e. The molecule has 0 aliphatic heterocycles. The fourth-order valence-corrected chi connectivity index (χ4v) is 6.16. The van der Waals surface area contributed by atoms with Gasteiger partial charge in [0.05, 0.1) is 10.2 Å². The molecule has 0 radical (unpaired) electrons. The molecule has 28 heavy (non-hydrogen) atoms. The molecule has 0 amide bonds. The van der Waals surface area contributed by atoms with Crippen LogP contribution in [0.2, 0.25) is 0 Å². The van der Waals surface area contributed by atoms with Gasteiger partial charge in [0.1, 0.15) is 17.0 Å². The van der Waals surface area contributed by atoms with Crippen molar-refractivity contribution in [1.29, 1.82) is 0 Å². The normalized spacial score (nSPS) is 17.9. The highest BCUT2D eigenvalue weighted by Gasteiger charge is 2.23. The number of rotatable bonds is 5. The molecule has 3 heterocycles. The van der Waals surface area contributed by atoms with Crippen molar-refractivity contribution in [1.82, 2.24) is 15.0 Å². The molecule has 5 rings (SSSR count). The van der Waals surface area contributed by atoms with Crippen LogP contribution in [0.15, 0.2) is 6.33 Å². The van der Waals surface area contributed by atoms with Crippen molar-refractivity contribution in [2.45, 2.75) is 90.0 Å². The fourth-order valence-electron chi connectivity index (χ4n) is 5.03. The third kappa shape index (κ3) is 3.28. The zero-order chi connectivity index (χ0) is 18.9. The van der Waals surface area contributed by atoms with E-state index in [2.05, 4.69) is 17.2 Å². The molecular weight excluding hydrogens is 364 g/mol. The van der Waals surface area contributed by atoms with E-state index in [1.807, 2.05) is 0 Å². The summed E-state index contributed by atoms with van der Waals surface area (Å²) in [5.74, 6) is 1.03. The van der Waals surface area contributed by atoms with E-state index in [1.54, 1.807) is 17.7 Å². The van der Waals surface area contributed by atoms with Crippen LogP contribution in [0.3, 0.4) is 0 Å². The summed E-state index contributed by atoms with van der Waals surface area (Å²) in [6.45, 7) is 2.27. The smallest absolute Gasteiger partial charge is 0.147 e. The van der Waals surface area contributed by atoms with E-state index < -0.39 is 0 Å². The van der Waals surface area contributed by atoms with Gasteiger partial charge in [0.15, 0.2) is 0 Å². The number of aromatic nitrogens is 3. The van der Waals surface area contributed by atoms with Crippen molar-refractivity contribution in [2.24, 2.45) is 0 Å². The van der Waals surface area contributed by atoms with Gasteiger partial charge in [-0.05, 0) is 62.5 Å². The summed E-state index contributed by atoms with van der Waals surface area (Å²) < 4.78 is 1.20. The van der Waals surface area contributed by atoms with E-state index in [9.17, 15) is 0 Å². The molecule has 3 aromatic heterocycles. The first-order valence-corrected chi connectivity index (χ1v) is 12.0. The molecule has 0 bridgehead atoms. The Bertz CT molecular complexity index is 987. The van der Waals surface area contributed by atoms with E-state index in [-0.39, 0.29) is 0 Å². The van der Waals surface area contributed by atoms with Crippen molar-refractivity contribution in [3.63, 3.8) is 0 Å². The minimum Gasteiger partial charge on any atom is -0.366 e. The van der Waals surface area contributed by atoms with Gasteiger partial charge in [-0.3, -0.25) is 0 Å². The average Bonchev–Trinajstić information content (AvgIpc) is 3.12. The van der Waals surface area contributed by atoms with Crippen LogP contribution in [-0.2, 0) is 19.3 Å². The van der Waals surface area contributed by atoms with Gasteiger partial charge in [-0.15, -0.1) is 11.3 Å². The van der Waals surface area contributed by atoms with E-state index in [1.165, 1.54) is 102 Å². The lowest BCUT2D eigenvalue weighted by atomic mass is 9.87. The zero-order valence-electron chi connectivity index (χ0n) is 16.9. The Hall–Kier alpha value is -1.75. The molecule has 4 nitrogen and oxygen atoms in total. The molecule has 2 aliphatic rings. The maximum atomic E-state index is 5.17. The van der Waals surface area contributed by atoms with E-state index in [0.717, 1.165) is 17.8 Å². The van der Waals surface area contributed by atoms with Crippen LogP contribution in [0, 0.1) is 0 Å². The van der Waals surface area contributed by atoms with Crippen LogP contribution in [0.5, 0.6) is 0 Å². The van der Waals surface area contributed by atoms with Crippen LogP contribution in [-0.4, -0.2) is 21.0 Å². The minimum absolute atomic E-state index is 0.555. The number of fused-ring (bicyclic) bond motifs is 5. The first-order chi connectivity index (χ1) is 13.8. The van der Waals surface area contributed by atoms with Gasteiger partial charge >= 0.3 is 0 Å². The second-order valence-corrected chi connectivity index (χ2v) is 9.49. The molecule has 0 saturated heterocycles. The Balaban J connectivity index is 1.63. The zero-order valence-corrected chi connectivity index (χ0v) is 17.7. The van der Waals surface area contributed by atoms with Gasteiger partial charge < -0.3 is 5.32 Å². The Morgan fingerprint density at radius 3 is 2.68 bits per heavy atom. The standard InChI is InChI=1S/C23H30N4S/c1-2-3-13-18-16-11-7-8-12-17(16)19-20-21(28-23(19)27-18)22(25-14-24-20)26-15-9-5-4-6-10-15/h14-15H,2-13H2,1H3,(H,24,25,26). The first-order valence-electron chi connectivity index (χ1n) is 11.2. The first kappa shape index (κ1) is 18.3. The third-order valence-electron chi connectivity index (χ3n) is 6.52. The Kier molecular flexibility index (Phi) is 5.19. The summed E-state index contributed by atoms with van der Waals surface area (Å²) in [6.07, 6.45) is 16.8. The third-order valence-corrected chi connectivity index (χ3v) is 7.60. The van der Waals surface area contributed by atoms with Crippen molar-refractivity contribution in [3.8, 4) is 0 Å². The van der Waals surface area contributed by atoms with Gasteiger partial charge in [-0.1, -0.05) is 32.6 Å². The second-order valence-electron chi connectivity index (χ2n) is 8.49. The van der Waals surface area contributed by atoms with E-state index in [0.29, 0.717) is 6.04 Å². The Morgan fingerprint density at radius 1 is 1.04 bits per heavy atom. The Morgan fingerprint density at radius 2 is 1.86 bits per heavy atom. The van der Waals surface area contributed by atoms with E-state index in [4.69, 9.17) is 9.97 Å². The predicted octanol–water partition coefficient (Wildman–Crippen LogP) is 6.21. The fraction of sp³-hybridized carbons (Fsp3) is 0.609. The number of nitrogens with one attached hydrogen (secondary N) is 1. The molecular formula is C23H30N4S. The summed E-state index contributed by atoms with van der Waals surface area (Å²) in [4.78, 5) is 15.7. The quantitative estimate of drug-likeness (QED) is 0.559. The highest BCUT2D eigenvalue weighted by atomic mass is 32.1. The van der Waals surface area contributed by atoms with Crippen molar-refractivity contribution in [2.75, 3.05) is 5.32 Å². The molecule has 5 heteroatoms. The van der Waals surface area contributed by atoms with Crippen molar-refractivity contribution < 1.29 is 0 Å². The van der Waals surface area contributed by atoms with Gasteiger partial charge in [0, 0.05) is 17.1 Å². The number of pyridine rings is 1. The lowest BCUT2D eigenvalue weighted by Gasteiger charge is -2.23. The van der Waals surface area contributed by atoms with Crippen LogP contribution in [0.25, 0.3) is 20.4 Å². The van der Waals surface area contributed by atoms with Crippen LogP contribution in [0.1, 0.15) is 81.5 Å². The molecule has 0 spiro atoms. The predicted molar refractivity (Wildman–Crippen MR) is 118 cm³/mol. The topological polar surface area (TPSA) is 50.7 Å². The average molecular weight is 395 g/mol. The van der Waals surface area contributed by atoms with Crippen molar-refractivity contribution in [3.05, 3.63) is 23.1 Å². The molecule has 0 aromatic carbocycles. The maximum absolute atomic E-state index is 5.17. The molecule has 0 atom stereocenters. The number of anilines is 1. The molecule has 148 valence electrons. The van der Waals surface area contributed by atoms with Crippen LogP contribution < -0.4 is 5.32 Å². The van der Waals surface area contributed by atoms with Gasteiger partial charge in [-0.25, -0.2) is 15.0 Å². The minimum atomic E-state index is 0.555. The Labute approximate surface area is 171 Å². The highest BCUT2D eigenvalue weighted by Crippen LogP contribution is 2.41. The summed E-state index contributed by atoms with van der Waals surface area (Å²) in [5, 5.41) is 5.07. The van der Waals surface area contributed by atoms with E-state index >= 15 is 0 Å². The SMILES string of the molecule is CCCCc1nc2sc3c(NC4CCCCC4)ncnc3c2c2c1CCCC2. The summed E-state index contributed by atoms with van der Waals surface area (Å²) in [6, 6.07) is 0.555. The molecule has 0 unspecified atom stereocenters. The molecule has 2 aliphatic carbocycles. The van der Waals surface area contributed by atoms with Crippen LogP contribution in [0.4, 0.5) is 5.82 Å². The van der Waals surface area contributed by atoms with Gasteiger partial charge in [0.25, 0.3) is 0 Å². The summed E-state index contributed by atoms with van der Waals surface area (Å²) in [7, 11) is 0. The number of unbranched alkanes of at least 4 members (excludes halogenated alkanes) is 1. The van der Waals surface area contributed by atoms with Crippen molar-refractivity contribution >= 4 is 37.6 Å². The summed E-state index contributed by atoms with van der Waals surface area (Å²) >= 11 is 1.80. The second kappa shape index (κ2) is 7.94.